The number of hydrogen-bond donors (Lipinski definition) is 2. The molecule has 0 heterocycles. The summed E-state index contributed by atoms with van der Waals surface area (Å²) in [6.45, 7) is 6.87. The maximum absolute atomic E-state index is 12.1. The number of nitrogens with zero attached hydrogens (tertiary/aromatic N) is 1. The normalized spacial score (nSPS) is 18.9. The highest BCUT2D eigenvalue weighted by Crippen LogP contribution is 2.37. The van der Waals surface area contributed by atoms with Gasteiger partial charge in [-0.1, -0.05) is 19.8 Å². The van der Waals surface area contributed by atoms with Gasteiger partial charge in [-0.3, -0.25) is 4.79 Å². The number of carbonyl (C=O) groups is 2. The van der Waals surface area contributed by atoms with Crippen LogP contribution in [-0.4, -0.2) is 41.1 Å². The van der Waals surface area contributed by atoms with E-state index in [0.29, 0.717) is 19.4 Å². The minimum absolute atomic E-state index is 0.149. The maximum Gasteiger partial charge on any atom is 0.317 e. The molecule has 2 N–H and O–H groups in total. The third-order valence-electron chi connectivity index (χ3n) is 4.32. The lowest BCUT2D eigenvalue weighted by atomic mass is 9.86. The Labute approximate surface area is 115 Å². The molecule has 2 amide bonds. The van der Waals surface area contributed by atoms with Crippen LogP contribution >= 0.6 is 0 Å². The molecule has 0 aliphatic heterocycles. The first-order valence-corrected chi connectivity index (χ1v) is 7.24. The van der Waals surface area contributed by atoms with Crippen LogP contribution in [0.15, 0.2) is 0 Å². The summed E-state index contributed by atoms with van der Waals surface area (Å²) in [5, 5.41) is 12.2. The number of aliphatic carboxylic acids is 1. The smallest absolute Gasteiger partial charge is 0.317 e. The molecular weight excluding hydrogens is 244 g/mol. The van der Waals surface area contributed by atoms with E-state index in [1.807, 2.05) is 20.8 Å². The average molecular weight is 270 g/mol. The minimum Gasteiger partial charge on any atom is -0.481 e. The molecule has 5 heteroatoms. The molecule has 1 fully saturated rings. The van der Waals surface area contributed by atoms with Crippen LogP contribution < -0.4 is 5.32 Å². The van der Waals surface area contributed by atoms with Crippen molar-refractivity contribution >= 4 is 12.0 Å². The topological polar surface area (TPSA) is 69.6 Å². The van der Waals surface area contributed by atoms with Crippen molar-refractivity contribution < 1.29 is 14.7 Å². The van der Waals surface area contributed by atoms with Crippen LogP contribution in [0.2, 0.25) is 0 Å². The van der Waals surface area contributed by atoms with Gasteiger partial charge in [0.1, 0.15) is 0 Å². The molecule has 1 rings (SSSR count). The van der Waals surface area contributed by atoms with E-state index in [9.17, 15) is 14.7 Å². The van der Waals surface area contributed by atoms with Crippen LogP contribution in [0.5, 0.6) is 0 Å². The van der Waals surface area contributed by atoms with Crippen LogP contribution in [-0.2, 0) is 4.79 Å². The number of carboxylic acid groups (broad SMARTS) is 1. The quantitative estimate of drug-likeness (QED) is 0.779. The van der Waals surface area contributed by atoms with E-state index in [0.717, 1.165) is 19.3 Å². The Morgan fingerprint density at radius 1 is 1.32 bits per heavy atom. The van der Waals surface area contributed by atoms with E-state index in [2.05, 4.69) is 5.32 Å². The monoisotopic (exact) mass is 270 g/mol. The van der Waals surface area contributed by atoms with Crippen LogP contribution in [0, 0.1) is 5.41 Å². The number of hydrogen-bond acceptors (Lipinski definition) is 2. The molecule has 1 atom stereocenters. The second-order valence-corrected chi connectivity index (χ2v) is 5.49. The number of carbonyl (C=O) groups excluding carboxylic acids is 1. The molecule has 1 aliphatic carbocycles. The summed E-state index contributed by atoms with van der Waals surface area (Å²) in [5.41, 5.74) is -0.746. The zero-order valence-electron chi connectivity index (χ0n) is 12.2. The first-order valence-electron chi connectivity index (χ1n) is 7.24. The Balaban J connectivity index is 2.59. The highest BCUT2D eigenvalue weighted by Gasteiger charge is 2.41. The summed E-state index contributed by atoms with van der Waals surface area (Å²) < 4.78 is 0. The molecule has 5 nitrogen and oxygen atoms in total. The lowest BCUT2D eigenvalue weighted by Crippen LogP contribution is -2.49. The van der Waals surface area contributed by atoms with E-state index < -0.39 is 11.4 Å². The number of nitrogens with one attached hydrogen (secondary N) is 1. The molecule has 110 valence electrons. The molecular formula is C14H26N2O3. The zero-order valence-corrected chi connectivity index (χ0v) is 12.2. The molecule has 1 saturated carbocycles. The van der Waals surface area contributed by atoms with E-state index in [1.165, 1.54) is 0 Å². The molecule has 0 aromatic rings. The molecule has 1 aliphatic rings. The summed E-state index contributed by atoms with van der Waals surface area (Å²) in [5.74, 6) is -0.781. The first kappa shape index (κ1) is 15.8. The van der Waals surface area contributed by atoms with Crippen LogP contribution in [0.25, 0.3) is 0 Å². The van der Waals surface area contributed by atoms with E-state index in [-0.39, 0.29) is 18.6 Å². The third kappa shape index (κ3) is 3.61. The number of rotatable bonds is 6. The Hall–Kier alpha value is -1.26. The van der Waals surface area contributed by atoms with Gasteiger partial charge in [0.25, 0.3) is 0 Å². The maximum atomic E-state index is 12.1. The summed E-state index contributed by atoms with van der Waals surface area (Å²) in [6, 6.07) is 0.0266. The average Bonchev–Trinajstić information content (AvgIpc) is 2.87. The van der Waals surface area contributed by atoms with Gasteiger partial charge in [-0.15, -0.1) is 0 Å². The van der Waals surface area contributed by atoms with Gasteiger partial charge < -0.3 is 15.3 Å². The fraction of sp³-hybridized carbons (Fsp3) is 0.857. The largest absolute Gasteiger partial charge is 0.481 e. The van der Waals surface area contributed by atoms with Crippen molar-refractivity contribution in [1.82, 2.24) is 10.2 Å². The highest BCUT2D eigenvalue weighted by atomic mass is 16.4. The first-order chi connectivity index (χ1) is 8.96. The van der Waals surface area contributed by atoms with Gasteiger partial charge in [-0.05, 0) is 33.1 Å². The third-order valence-corrected chi connectivity index (χ3v) is 4.32. The summed E-state index contributed by atoms with van der Waals surface area (Å²) in [4.78, 5) is 25.3. The minimum atomic E-state index is -0.781. The van der Waals surface area contributed by atoms with Gasteiger partial charge in [0.15, 0.2) is 0 Å². The second kappa shape index (κ2) is 6.78. The Kier molecular flexibility index (Phi) is 5.63. The van der Waals surface area contributed by atoms with Crippen LogP contribution in [0.1, 0.15) is 52.9 Å². The van der Waals surface area contributed by atoms with Crippen molar-refractivity contribution in [2.75, 3.05) is 13.1 Å². The Bertz CT molecular complexity index is 325. The summed E-state index contributed by atoms with van der Waals surface area (Å²) in [7, 11) is 0. The van der Waals surface area contributed by atoms with Gasteiger partial charge in [-0.25, -0.2) is 4.79 Å². The molecule has 0 saturated heterocycles. The van der Waals surface area contributed by atoms with Crippen LogP contribution in [0.3, 0.4) is 0 Å². The number of amides is 2. The molecule has 1 unspecified atom stereocenters. The second-order valence-electron chi connectivity index (χ2n) is 5.49. The van der Waals surface area contributed by atoms with Gasteiger partial charge in [0, 0.05) is 19.1 Å². The predicted octanol–water partition coefficient (Wildman–Crippen LogP) is 2.46. The van der Waals surface area contributed by atoms with Crippen LogP contribution in [0.4, 0.5) is 4.79 Å². The molecule has 0 aromatic heterocycles. The van der Waals surface area contributed by atoms with E-state index in [1.54, 1.807) is 4.90 Å². The Morgan fingerprint density at radius 2 is 1.89 bits per heavy atom. The zero-order chi connectivity index (χ0) is 14.5. The fourth-order valence-electron chi connectivity index (χ4n) is 2.74. The van der Waals surface area contributed by atoms with Crippen molar-refractivity contribution in [2.24, 2.45) is 5.41 Å². The number of carboxylic acids is 1. The Morgan fingerprint density at radius 3 is 2.32 bits per heavy atom. The molecule has 0 bridgehead atoms. The highest BCUT2D eigenvalue weighted by molar-refractivity contribution is 5.78. The SMILES string of the molecule is CCC(C)N(CC)C(=O)NCC1(C(=O)O)CCCC1. The molecule has 19 heavy (non-hydrogen) atoms. The summed E-state index contributed by atoms with van der Waals surface area (Å²) >= 11 is 0. The fourth-order valence-corrected chi connectivity index (χ4v) is 2.74. The standard InChI is InChI=1S/C14H26N2O3/c1-4-11(3)16(5-2)13(19)15-10-14(12(17)18)8-6-7-9-14/h11H,4-10H2,1-3H3,(H,15,19)(H,17,18). The molecule has 0 aromatic carbocycles. The molecule has 0 radical (unpaired) electrons. The van der Waals surface area contributed by atoms with E-state index in [4.69, 9.17) is 0 Å². The van der Waals surface area contributed by atoms with E-state index >= 15 is 0 Å². The van der Waals surface area contributed by atoms with Gasteiger partial charge in [0.2, 0.25) is 0 Å². The predicted molar refractivity (Wildman–Crippen MR) is 74.1 cm³/mol. The number of urea groups is 1. The van der Waals surface area contributed by atoms with Crippen molar-refractivity contribution in [3.8, 4) is 0 Å². The van der Waals surface area contributed by atoms with Crippen molar-refractivity contribution in [2.45, 2.75) is 58.9 Å². The van der Waals surface area contributed by atoms with Crippen molar-refractivity contribution in [1.29, 1.82) is 0 Å². The molecule has 0 spiro atoms. The van der Waals surface area contributed by atoms with Crippen molar-refractivity contribution in [3.63, 3.8) is 0 Å². The van der Waals surface area contributed by atoms with Gasteiger partial charge >= 0.3 is 12.0 Å². The lowest BCUT2D eigenvalue weighted by molar-refractivity contribution is -0.148. The lowest BCUT2D eigenvalue weighted by Gasteiger charge is -2.30. The van der Waals surface area contributed by atoms with Crippen molar-refractivity contribution in [3.05, 3.63) is 0 Å². The summed E-state index contributed by atoms with van der Waals surface area (Å²) in [6.07, 6.45) is 4.09. The van der Waals surface area contributed by atoms with Gasteiger partial charge in [0.05, 0.1) is 5.41 Å². The van der Waals surface area contributed by atoms with Gasteiger partial charge in [-0.2, -0.15) is 0 Å².